The fraction of sp³-hybridized carbons (Fsp3) is 0.250. The second-order valence-electron chi connectivity index (χ2n) is 6.03. The predicted molar refractivity (Wildman–Crippen MR) is 107 cm³/mol. The van der Waals surface area contributed by atoms with Crippen molar-refractivity contribution in [1.82, 2.24) is 9.97 Å². The molecule has 0 aliphatic rings. The number of methoxy groups -OCH3 is 1. The molecule has 0 fully saturated rings. The van der Waals surface area contributed by atoms with Gasteiger partial charge in [-0.05, 0) is 43.2 Å². The van der Waals surface area contributed by atoms with Crippen LogP contribution in [0.25, 0.3) is 10.7 Å². The van der Waals surface area contributed by atoms with E-state index in [4.69, 9.17) is 14.8 Å². The molecule has 3 aromatic rings. The number of hydrogen-bond donors (Lipinski definition) is 2. The smallest absolute Gasteiger partial charge is 0.307 e. The van der Waals surface area contributed by atoms with Crippen LogP contribution in [0.4, 0.5) is 11.5 Å². The Morgan fingerprint density at radius 2 is 1.93 bits per heavy atom. The van der Waals surface area contributed by atoms with Crippen LogP contribution in [-0.4, -0.2) is 28.2 Å². The molecule has 0 saturated heterocycles. The molecule has 0 spiro atoms. The van der Waals surface area contributed by atoms with Gasteiger partial charge in [0.1, 0.15) is 5.82 Å². The lowest BCUT2D eigenvalue weighted by molar-refractivity contribution is -0.136. The number of aromatic nitrogens is 2. The van der Waals surface area contributed by atoms with Crippen molar-refractivity contribution in [1.29, 1.82) is 0 Å². The number of aliphatic carboxylic acids is 1. The van der Waals surface area contributed by atoms with Gasteiger partial charge < -0.3 is 15.2 Å². The number of carboxylic acids is 1. The molecule has 6 nitrogen and oxygen atoms in total. The summed E-state index contributed by atoms with van der Waals surface area (Å²) < 4.78 is 5.26. The summed E-state index contributed by atoms with van der Waals surface area (Å²) in [4.78, 5) is 21.1. The van der Waals surface area contributed by atoms with E-state index in [2.05, 4.69) is 17.2 Å². The summed E-state index contributed by atoms with van der Waals surface area (Å²) in [5.74, 6) is 0.577. The number of thiophene rings is 1. The van der Waals surface area contributed by atoms with Gasteiger partial charge in [0.2, 0.25) is 0 Å². The van der Waals surface area contributed by atoms with Gasteiger partial charge in [0.05, 0.1) is 18.4 Å². The highest BCUT2D eigenvalue weighted by Crippen LogP contribution is 2.33. The molecule has 27 heavy (non-hydrogen) atoms. The summed E-state index contributed by atoms with van der Waals surface area (Å²) in [6, 6.07) is 11.2. The minimum absolute atomic E-state index is 0.0114. The summed E-state index contributed by atoms with van der Waals surface area (Å²) in [5.41, 5.74) is 3.59. The molecule has 7 heteroatoms. The monoisotopic (exact) mass is 383 g/mol. The van der Waals surface area contributed by atoms with Crippen LogP contribution in [0.2, 0.25) is 0 Å². The molecule has 0 unspecified atom stereocenters. The first-order chi connectivity index (χ1) is 13.0. The maximum Gasteiger partial charge on any atom is 0.307 e. The van der Waals surface area contributed by atoms with Gasteiger partial charge in [-0.15, -0.1) is 0 Å². The van der Waals surface area contributed by atoms with Crippen LogP contribution < -0.4 is 10.1 Å². The van der Waals surface area contributed by atoms with E-state index in [9.17, 15) is 4.79 Å². The molecular weight excluding hydrogens is 362 g/mol. The lowest BCUT2D eigenvalue weighted by Crippen LogP contribution is -2.05. The molecule has 2 N–H and O–H groups in total. The van der Waals surface area contributed by atoms with Gasteiger partial charge in [0, 0.05) is 16.9 Å². The van der Waals surface area contributed by atoms with Crippen molar-refractivity contribution < 1.29 is 14.6 Å². The number of ether oxygens (including phenoxy) is 1. The fourth-order valence-electron chi connectivity index (χ4n) is 2.80. The van der Waals surface area contributed by atoms with Gasteiger partial charge in [-0.2, -0.15) is 0 Å². The number of carboxylic acid groups (broad SMARTS) is 1. The molecule has 140 valence electrons. The number of nitrogens with one attached hydrogen (secondary N) is 1. The Bertz CT molecular complexity index is 952. The first kappa shape index (κ1) is 18.8. The highest BCUT2D eigenvalue weighted by Gasteiger charge is 2.14. The second kappa shape index (κ2) is 8.18. The average Bonchev–Trinajstić information content (AvgIpc) is 3.12. The Morgan fingerprint density at radius 3 is 2.52 bits per heavy atom. The highest BCUT2D eigenvalue weighted by atomic mass is 32.1. The van der Waals surface area contributed by atoms with E-state index < -0.39 is 5.97 Å². The summed E-state index contributed by atoms with van der Waals surface area (Å²) in [6.45, 7) is 4.05. The molecule has 0 aliphatic heterocycles. The van der Waals surface area contributed by atoms with Crippen LogP contribution in [0.5, 0.6) is 5.06 Å². The van der Waals surface area contributed by atoms with Crippen molar-refractivity contribution >= 4 is 28.8 Å². The molecule has 0 amide bonds. The second-order valence-corrected chi connectivity index (χ2v) is 7.07. The summed E-state index contributed by atoms with van der Waals surface area (Å²) in [6.07, 6.45) is 0.816. The zero-order chi connectivity index (χ0) is 19.4. The van der Waals surface area contributed by atoms with Gasteiger partial charge in [0.25, 0.3) is 0 Å². The molecule has 2 heterocycles. The maximum absolute atomic E-state index is 10.8. The summed E-state index contributed by atoms with van der Waals surface area (Å²) in [7, 11) is 1.64. The minimum Gasteiger partial charge on any atom is -0.487 e. The molecule has 0 aliphatic carbocycles. The number of benzene rings is 1. The van der Waals surface area contributed by atoms with Crippen LogP contribution in [0.15, 0.2) is 36.4 Å². The third-order valence-electron chi connectivity index (χ3n) is 4.14. The highest BCUT2D eigenvalue weighted by molar-refractivity contribution is 7.17. The molecule has 0 atom stereocenters. The Kier molecular flexibility index (Phi) is 5.71. The average molecular weight is 383 g/mol. The first-order valence-corrected chi connectivity index (χ1v) is 9.41. The zero-order valence-electron chi connectivity index (χ0n) is 15.4. The van der Waals surface area contributed by atoms with Crippen molar-refractivity contribution in [3.63, 3.8) is 0 Å². The third-order valence-corrected chi connectivity index (χ3v) is 5.18. The predicted octanol–water partition coefficient (Wildman–Crippen LogP) is 4.46. The van der Waals surface area contributed by atoms with Crippen molar-refractivity contribution in [2.24, 2.45) is 0 Å². The molecule has 0 bridgehead atoms. The molecule has 0 saturated carbocycles. The Balaban J connectivity index is 1.92. The molecule has 0 radical (unpaired) electrons. The van der Waals surface area contributed by atoms with E-state index >= 15 is 0 Å². The van der Waals surface area contributed by atoms with Crippen molar-refractivity contribution in [3.8, 4) is 15.8 Å². The number of rotatable bonds is 7. The van der Waals surface area contributed by atoms with Crippen LogP contribution in [0, 0.1) is 6.92 Å². The van der Waals surface area contributed by atoms with Gasteiger partial charge >= 0.3 is 5.97 Å². The van der Waals surface area contributed by atoms with Crippen LogP contribution >= 0.6 is 11.3 Å². The number of aryl methyl sites for hydroxylation is 1. The number of anilines is 2. The van der Waals surface area contributed by atoms with E-state index in [0.29, 0.717) is 5.82 Å². The maximum atomic E-state index is 10.8. The third kappa shape index (κ3) is 4.43. The number of nitrogens with zero attached hydrogens (tertiary/aromatic N) is 2. The van der Waals surface area contributed by atoms with Crippen molar-refractivity contribution in [2.45, 2.75) is 26.7 Å². The van der Waals surface area contributed by atoms with E-state index in [1.54, 1.807) is 19.2 Å². The fourth-order valence-corrected chi connectivity index (χ4v) is 3.56. The Hall–Kier alpha value is -2.93. The van der Waals surface area contributed by atoms with E-state index in [1.807, 2.05) is 31.2 Å². The van der Waals surface area contributed by atoms with E-state index in [0.717, 1.165) is 44.7 Å². The topological polar surface area (TPSA) is 84.3 Å². The summed E-state index contributed by atoms with van der Waals surface area (Å²) in [5, 5.41) is 13.1. The van der Waals surface area contributed by atoms with Gasteiger partial charge in [-0.3, -0.25) is 4.79 Å². The Labute approximate surface area is 161 Å². The van der Waals surface area contributed by atoms with Crippen LogP contribution in [-0.2, 0) is 17.6 Å². The van der Waals surface area contributed by atoms with Crippen LogP contribution in [0.3, 0.4) is 0 Å². The standard InChI is InChI=1S/C20H21N3O3S/c1-4-15-12(2)21-20(16-9-10-18(26-3)27-16)23-19(15)22-14-7-5-13(6-8-14)11-17(24)25/h5-10H,4,11H2,1-3H3,(H,24,25)(H,21,22,23). The SMILES string of the molecule is CCc1c(C)nc(-c2ccc(OC)s2)nc1Nc1ccc(CC(=O)O)cc1. The Morgan fingerprint density at radius 1 is 1.19 bits per heavy atom. The molecule has 3 rings (SSSR count). The lowest BCUT2D eigenvalue weighted by atomic mass is 10.1. The number of hydrogen-bond acceptors (Lipinski definition) is 6. The van der Waals surface area contributed by atoms with Crippen molar-refractivity contribution in [3.05, 3.63) is 53.2 Å². The first-order valence-electron chi connectivity index (χ1n) is 8.59. The molecule has 1 aromatic carbocycles. The van der Waals surface area contributed by atoms with Gasteiger partial charge in [-0.25, -0.2) is 9.97 Å². The normalized spacial score (nSPS) is 10.6. The van der Waals surface area contributed by atoms with E-state index in [1.165, 1.54) is 11.3 Å². The molecule has 2 aromatic heterocycles. The summed E-state index contributed by atoms with van der Waals surface area (Å²) >= 11 is 1.50. The minimum atomic E-state index is -0.841. The number of carbonyl (C=O) groups is 1. The van der Waals surface area contributed by atoms with Gasteiger partial charge in [-0.1, -0.05) is 30.4 Å². The van der Waals surface area contributed by atoms with Crippen LogP contribution in [0.1, 0.15) is 23.7 Å². The largest absolute Gasteiger partial charge is 0.487 e. The van der Waals surface area contributed by atoms with Gasteiger partial charge in [0.15, 0.2) is 10.9 Å². The lowest BCUT2D eigenvalue weighted by Gasteiger charge is -2.14. The zero-order valence-corrected chi connectivity index (χ0v) is 16.3. The van der Waals surface area contributed by atoms with Crippen molar-refractivity contribution in [2.75, 3.05) is 12.4 Å². The molecular formula is C20H21N3O3S. The quantitative estimate of drug-likeness (QED) is 0.627. The van der Waals surface area contributed by atoms with E-state index in [-0.39, 0.29) is 6.42 Å².